The standard InChI is InChI=1S/C33H52N2O6/c36-29(27-20-24(12-14-26(27)30(37)38)18-22-8-3-1-4-9-22)34-16-7-17-35-32(41)33(35)21-25(13-15-28(33)31(39)40)19-23-10-5-2-6-11-23/h22-28H,1-21H2,(H,34,36)(H,37,38)(H,39,40). The van der Waals surface area contributed by atoms with E-state index in [-0.39, 0.29) is 11.8 Å². The minimum atomic E-state index is -0.877. The van der Waals surface area contributed by atoms with E-state index in [0.29, 0.717) is 68.9 Å². The summed E-state index contributed by atoms with van der Waals surface area (Å²) in [6.45, 7) is 0.814. The number of carbonyl (C=O) groups excluding carboxylic acids is 2. The third-order valence-electron chi connectivity index (χ3n) is 11.6. The summed E-state index contributed by atoms with van der Waals surface area (Å²) < 4.78 is 0. The third kappa shape index (κ3) is 6.93. The second-order valence-corrected chi connectivity index (χ2v) is 14.3. The van der Waals surface area contributed by atoms with Crippen LogP contribution in [-0.4, -0.2) is 57.5 Å². The highest BCUT2D eigenvalue weighted by molar-refractivity contribution is 6.06. The highest BCUT2D eigenvalue weighted by atomic mass is 16.4. The van der Waals surface area contributed by atoms with Crippen LogP contribution in [0.25, 0.3) is 0 Å². The van der Waals surface area contributed by atoms with Gasteiger partial charge < -0.3 is 20.4 Å². The van der Waals surface area contributed by atoms with Gasteiger partial charge in [0.05, 0.1) is 17.8 Å². The minimum absolute atomic E-state index is 0.0339. The predicted octanol–water partition coefficient (Wildman–Crippen LogP) is 5.63. The molecule has 5 aliphatic rings. The van der Waals surface area contributed by atoms with E-state index in [0.717, 1.165) is 25.7 Å². The molecule has 41 heavy (non-hydrogen) atoms. The molecule has 1 spiro atoms. The van der Waals surface area contributed by atoms with E-state index in [1.54, 1.807) is 4.90 Å². The Morgan fingerprint density at radius 3 is 1.95 bits per heavy atom. The highest BCUT2D eigenvalue weighted by Gasteiger charge is 2.69. The van der Waals surface area contributed by atoms with Gasteiger partial charge >= 0.3 is 11.9 Å². The van der Waals surface area contributed by atoms with E-state index in [4.69, 9.17) is 0 Å². The number of rotatable bonds is 11. The lowest BCUT2D eigenvalue weighted by Crippen LogP contribution is -2.43. The molecular weight excluding hydrogens is 520 g/mol. The average Bonchev–Trinajstić information content (AvgIpc) is 3.51. The summed E-state index contributed by atoms with van der Waals surface area (Å²) in [4.78, 5) is 52.2. The molecule has 2 amide bonds. The van der Waals surface area contributed by atoms with Gasteiger partial charge in [-0.15, -0.1) is 0 Å². The second-order valence-electron chi connectivity index (χ2n) is 14.3. The Hall–Kier alpha value is -2.12. The van der Waals surface area contributed by atoms with Crippen molar-refractivity contribution in [2.75, 3.05) is 13.1 Å². The van der Waals surface area contributed by atoms with Crippen LogP contribution in [0.3, 0.4) is 0 Å². The van der Waals surface area contributed by atoms with Crippen LogP contribution < -0.4 is 5.32 Å². The number of amides is 2. The predicted molar refractivity (Wildman–Crippen MR) is 155 cm³/mol. The zero-order chi connectivity index (χ0) is 29.0. The van der Waals surface area contributed by atoms with Crippen LogP contribution in [-0.2, 0) is 19.2 Å². The largest absolute Gasteiger partial charge is 0.481 e. The Bertz CT molecular complexity index is 957. The van der Waals surface area contributed by atoms with Gasteiger partial charge in [-0.3, -0.25) is 19.2 Å². The molecule has 0 bridgehead atoms. The number of carboxylic acid groups (broad SMARTS) is 2. The zero-order valence-electron chi connectivity index (χ0n) is 24.9. The van der Waals surface area contributed by atoms with Crippen LogP contribution >= 0.6 is 0 Å². The number of hydrogen-bond donors (Lipinski definition) is 3. The molecule has 0 aromatic rings. The molecule has 8 heteroatoms. The Morgan fingerprint density at radius 2 is 1.34 bits per heavy atom. The minimum Gasteiger partial charge on any atom is -0.481 e. The van der Waals surface area contributed by atoms with E-state index >= 15 is 0 Å². The summed E-state index contributed by atoms with van der Waals surface area (Å²) in [7, 11) is 0. The molecule has 4 saturated carbocycles. The van der Waals surface area contributed by atoms with Crippen molar-refractivity contribution < 1.29 is 29.4 Å². The lowest BCUT2D eigenvalue weighted by atomic mass is 9.69. The number of hydrogen-bond acceptors (Lipinski definition) is 4. The topological polar surface area (TPSA) is 124 Å². The number of aliphatic carboxylic acids is 2. The maximum Gasteiger partial charge on any atom is 0.309 e. The molecule has 1 aliphatic heterocycles. The Morgan fingerprint density at radius 1 is 0.732 bits per heavy atom. The highest BCUT2D eigenvalue weighted by Crippen LogP contribution is 2.53. The lowest BCUT2D eigenvalue weighted by molar-refractivity contribution is -0.149. The van der Waals surface area contributed by atoms with Crippen molar-refractivity contribution in [2.24, 2.45) is 41.4 Å². The zero-order valence-corrected chi connectivity index (χ0v) is 24.9. The van der Waals surface area contributed by atoms with Gasteiger partial charge in [0.2, 0.25) is 11.8 Å². The molecule has 0 radical (unpaired) electrons. The molecule has 5 fully saturated rings. The SMILES string of the molecule is O=C(O)C1CCC(CC2CCCCC2)CC1C(=O)NCCCN1C(=O)C12CC(CC1CCCCC1)CCC2C(=O)O. The summed E-state index contributed by atoms with van der Waals surface area (Å²) >= 11 is 0. The molecule has 4 aliphatic carbocycles. The van der Waals surface area contributed by atoms with Gasteiger partial charge in [0.15, 0.2) is 0 Å². The van der Waals surface area contributed by atoms with Gasteiger partial charge in [-0.25, -0.2) is 0 Å². The van der Waals surface area contributed by atoms with Gasteiger partial charge in [-0.05, 0) is 81.5 Å². The normalized spacial score (nSPS) is 34.9. The van der Waals surface area contributed by atoms with E-state index in [1.807, 2.05) is 0 Å². The summed E-state index contributed by atoms with van der Waals surface area (Å²) in [5.74, 6) is -1.49. The van der Waals surface area contributed by atoms with E-state index < -0.39 is 35.2 Å². The molecule has 0 aromatic carbocycles. The summed E-state index contributed by atoms with van der Waals surface area (Å²) in [5, 5.41) is 22.8. The molecular formula is C33H52N2O6. The molecule has 8 nitrogen and oxygen atoms in total. The monoisotopic (exact) mass is 572 g/mol. The maximum atomic E-state index is 13.2. The third-order valence-corrected chi connectivity index (χ3v) is 11.6. The molecule has 6 unspecified atom stereocenters. The van der Waals surface area contributed by atoms with Crippen molar-refractivity contribution in [1.82, 2.24) is 10.2 Å². The maximum absolute atomic E-state index is 13.2. The number of carboxylic acids is 2. The van der Waals surface area contributed by atoms with Crippen molar-refractivity contribution >= 4 is 23.8 Å². The van der Waals surface area contributed by atoms with E-state index in [9.17, 15) is 29.4 Å². The lowest BCUT2D eigenvalue weighted by Gasteiger charge is -2.36. The summed E-state index contributed by atoms with van der Waals surface area (Å²) in [6.07, 6.45) is 19.8. The van der Waals surface area contributed by atoms with Gasteiger partial charge in [0.1, 0.15) is 5.54 Å². The average molecular weight is 573 g/mol. The summed E-state index contributed by atoms with van der Waals surface area (Å²) in [5.41, 5.74) is -0.864. The first-order valence-electron chi connectivity index (χ1n) is 16.8. The van der Waals surface area contributed by atoms with E-state index in [2.05, 4.69) is 5.32 Å². The molecule has 1 saturated heterocycles. The molecule has 3 N–H and O–H groups in total. The Kier molecular flexibility index (Phi) is 9.96. The van der Waals surface area contributed by atoms with Crippen LogP contribution in [0.15, 0.2) is 0 Å². The smallest absolute Gasteiger partial charge is 0.309 e. The molecule has 1 heterocycles. The molecule has 6 atom stereocenters. The van der Waals surface area contributed by atoms with Gasteiger partial charge in [0.25, 0.3) is 0 Å². The molecule has 5 rings (SSSR count). The quantitative estimate of drug-likeness (QED) is 0.218. The fraction of sp³-hybridized carbons (Fsp3) is 0.879. The second kappa shape index (κ2) is 13.5. The van der Waals surface area contributed by atoms with Gasteiger partial charge in [-0.2, -0.15) is 0 Å². The first-order chi connectivity index (χ1) is 19.8. The fourth-order valence-corrected chi connectivity index (χ4v) is 9.44. The van der Waals surface area contributed by atoms with Crippen molar-refractivity contribution in [3.8, 4) is 0 Å². The van der Waals surface area contributed by atoms with Crippen molar-refractivity contribution in [1.29, 1.82) is 0 Å². The molecule has 230 valence electrons. The number of nitrogens with zero attached hydrogens (tertiary/aromatic N) is 1. The Labute approximate surface area is 245 Å². The van der Waals surface area contributed by atoms with Crippen LogP contribution in [0.4, 0.5) is 0 Å². The van der Waals surface area contributed by atoms with Crippen molar-refractivity contribution in [3.63, 3.8) is 0 Å². The Balaban J connectivity index is 1.11. The van der Waals surface area contributed by atoms with Crippen molar-refractivity contribution in [3.05, 3.63) is 0 Å². The first kappa shape index (κ1) is 30.3. The van der Waals surface area contributed by atoms with Gasteiger partial charge in [0, 0.05) is 13.1 Å². The number of carbonyl (C=O) groups is 4. The fourth-order valence-electron chi connectivity index (χ4n) is 9.44. The van der Waals surface area contributed by atoms with Crippen molar-refractivity contribution in [2.45, 2.75) is 128 Å². The van der Waals surface area contributed by atoms with Crippen LogP contribution in [0.2, 0.25) is 0 Å². The first-order valence-corrected chi connectivity index (χ1v) is 16.8. The van der Waals surface area contributed by atoms with Crippen LogP contribution in [0, 0.1) is 41.4 Å². The molecule has 0 aromatic heterocycles. The summed E-state index contributed by atoms with van der Waals surface area (Å²) in [6, 6.07) is 0. The van der Waals surface area contributed by atoms with Crippen LogP contribution in [0.5, 0.6) is 0 Å². The van der Waals surface area contributed by atoms with E-state index in [1.165, 1.54) is 64.2 Å². The number of nitrogens with one attached hydrogen (secondary N) is 1. The van der Waals surface area contributed by atoms with Crippen LogP contribution in [0.1, 0.15) is 122 Å². The van der Waals surface area contributed by atoms with Gasteiger partial charge in [-0.1, -0.05) is 64.2 Å².